The van der Waals surface area contributed by atoms with E-state index < -0.39 is 0 Å². The van der Waals surface area contributed by atoms with E-state index in [4.69, 9.17) is 4.74 Å². The van der Waals surface area contributed by atoms with Crippen molar-refractivity contribution >= 4 is 11.7 Å². The second-order valence-corrected chi connectivity index (χ2v) is 5.94. The predicted octanol–water partition coefficient (Wildman–Crippen LogP) is 1.64. The van der Waals surface area contributed by atoms with Gasteiger partial charge >= 0.3 is 0 Å². The van der Waals surface area contributed by atoms with Gasteiger partial charge in [-0.3, -0.25) is 14.3 Å². The number of carbonyl (C=O) groups excluding carboxylic acids is 2. The maximum Gasteiger partial charge on any atom is 0.221 e. The van der Waals surface area contributed by atoms with Gasteiger partial charge in [0.15, 0.2) is 5.78 Å². The molecule has 1 atom stereocenters. The predicted molar refractivity (Wildman–Crippen MR) is 82.9 cm³/mol. The van der Waals surface area contributed by atoms with Crippen LogP contribution in [0.15, 0.2) is 0 Å². The van der Waals surface area contributed by atoms with Crippen LogP contribution in [0, 0.1) is 19.8 Å². The van der Waals surface area contributed by atoms with E-state index in [1.165, 1.54) is 0 Å². The van der Waals surface area contributed by atoms with E-state index in [9.17, 15) is 9.59 Å². The Morgan fingerprint density at radius 1 is 1.41 bits per heavy atom. The van der Waals surface area contributed by atoms with E-state index in [1.54, 1.807) is 11.6 Å². The van der Waals surface area contributed by atoms with Crippen LogP contribution in [0.5, 0.6) is 0 Å². The Balaban J connectivity index is 1.76. The molecule has 1 aliphatic heterocycles. The molecule has 1 N–H and O–H groups in total. The third-order valence-electron chi connectivity index (χ3n) is 4.18. The summed E-state index contributed by atoms with van der Waals surface area (Å²) >= 11 is 0. The number of carbonyl (C=O) groups is 2. The normalized spacial score (nSPS) is 17.7. The van der Waals surface area contributed by atoms with Crippen LogP contribution in [0.1, 0.15) is 47.9 Å². The van der Waals surface area contributed by atoms with E-state index in [0.717, 1.165) is 37.4 Å². The van der Waals surface area contributed by atoms with Crippen molar-refractivity contribution in [1.29, 1.82) is 0 Å². The lowest BCUT2D eigenvalue weighted by Gasteiger charge is -2.09. The summed E-state index contributed by atoms with van der Waals surface area (Å²) in [4.78, 5) is 23.4. The number of hydrogen-bond donors (Lipinski definition) is 1. The Kier molecular flexibility index (Phi) is 5.71. The highest BCUT2D eigenvalue weighted by Gasteiger charge is 2.17. The van der Waals surface area contributed by atoms with Crippen molar-refractivity contribution in [3.8, 4) is 0 Å². The Bertz CT molecular complexity index is 545. The highest BCUT2D eigenvalue weighted by Crippen LogP contribution is 2.15. The van der Waals surface area contributed by atoms with Crippen LogP contribution in [0.2, 0.25) is 0 Å². The summed E-state index contributed by atoms with van der Waals surface area (Å²) in [6, 6.07) is 0. The van der Waals surface area contributed by atoms with E-state index >= 15 is 0 Å². The molecule has 6 nitrogen and oxygen atoms in total. The Hall–Kier alpha value is -1.69. The van der Waals surface area contributed by atoms with Crippen LogP contribution >= 0.6 is 0 Å². The Morgan fingerprint density at radius 2 is 2.18 bits per heavy atom. The molecule has 1 aliphatic rings. The molecule has 1 unspecified atom stereocenters. The minimum Gasteiger partial charge on any atom is -0.381 e. The fourth-order valence-corrected chi connectivity index (χ4v) is 2.95. The summed E-state index contributed by atoms with van der Waals surface area (Å²) in [7, 11) is 0. The molecule has 22 heavy (non-hydrogen) atoms. The van der Waals surface area contributed by atoms with Crippen LogP contribution in [0.4, 0.5) is 0 Å². The molecular weight excluding hydrogens is 282 g/mol. The number of ether oxygens (including phenoxy) is 1. The quantitative estimate of drug-likeness (QED) is 0.777. The molecule has 1 amide bonds. The van der Waals surface area contributed by atoms with Crippen molar-refractivity contribution in [2.75, 3.05) is 19.8 Å². The molecule has 0 aromatic carbocycles. The summed E-state index contributed by atoms with van der Waals surface area (Å²) in [6.07, 6.45) is 2.44. The molecule has 2 heterocycles. The van der Waals surface area contributed by atoms with Gasteiger partial charge in [-0.2, -0.15) is 5.10 Å². The molecule has 0 bridgehead atoms. The molecule has 0 radical (unpaired) electrons. The summed E-state index contributed by atoms with van der Waals surface area (Å²) in [5.41, 5.74) is 2.23. The van der Waals surface area contributed by atoms with Crippen molar-refractivity contribution in [2.45, 2.75) is 46.6 Å². The lowest BCUT2D eigenvalue weighted by molar-refractivity contribution is -0.121. The molecule has 1 saturated heterocycles. The average molecular weight is 307 g/mol. The van der Waals surface area contributed by atoms with Gasteiger partial charge in [0, 0.05) is 38.4 Å². The number of rotatable bonds is 7. The van der Waals surface area contributed by atoms with Gasteiger partial charge in [0.05, 0.1) is 11.3 Å². The molecule has 0 aliphatic carbocycles. The van der Waals surface area contributed by atoms with Gasteiger partial charge in [0.25, 0.3) is 0 Å². The van der Waals surface area contributed by atoms with Gasteiger partial charge < -0.3 is 10.1 Å². The summed E-state index contributed by atoms with van der Waals surface area (Å²) in [5, 5.41) is 7.29. The molecule has 122 valence electrons. The number of amides is 1. The van der Waals surface area contributed by atoms with Gasteiger partial charge in [-0.05, 0) is 39.5 Å². The van der Waals surface area contributed by atoms with Crippen LogP contribution < -0.4 is 5.32 Å². The highest BCUT2D eigenvalue weighted by molar-refractivity contribution is 5.96. The van der Waals surface area contributed by atoms with Crippen molar-refractivity contribution in [2.24, 2.45) is 5.92 Å². The molecule has 2 rings (SSSR count). The van der Waals surface area contributed by atoms with E-state index in [0.29, 0.717) is 31.0 Å². The molecule has 0 saturated carbocycles. The number of nitrogens with one attached hydrogen (secondary N) is 1. The van der Waals surface area contributed by atoms with Gasteiger partial charge in [0.2, 0.25) is 5.91 Å². The molecule has 1 fully saturated rings. The third-order valence-corrected chi connectivity index (χ3v) is 4.18. The van der Waals surface area contributed by atoms with E-state index in [1.807, 2.05) is 13.8 Å². The first-order valence-electron chi connectivity index (χ1n) is 7.88. The number of ketones is 1. The first-order valence-corrected chi connectivity index (χ1v) is 7.88. The van der Waals surface area contributed by atoms with Crippen LogP contribution in [0.25, 0.3) is 0 Å². The average Bonchev–Trinajstić information content (AvgIpc) is 3.05. The topological polar surface area (TPSA) is 73.2 Å². The molecule has 1 aromatic heterocycles. The number of nitrogens with zero attached hydrogens (tertiary/aromatic N) is 2. The second-order valence-electron chi connectivity index (χ2n) is 5.94. The van der Waals surface area contributed by atoms with E-state index in [-0.39, 0.29) is 11.7 Å². The first-order chi connectivity index (χ1) is 10.5. The minimum atomic E-state index is 0.0180. The molecular formula is C16H25N3O3. The largest absolute Gasteiger partial charge is 0.381 e. The SMILES string of the molecule is CC(=O)c1c(C)nn(CCC(=O)NCCC2CCOC2)c1C. The van der Waals surface area contributed by atoms with Crippen LogP contribution in [-0.4, -0.2) is 41.2 Å². The Morgan fingerprint density at radius 3 is 2.77 bits per heavy atom. The van der Waals surface area contributed by atoms with Crippen molar-refractivity contribution < 1.29 is 14.3 Å². The molecule has 6 heteroatoms. The third kappa shape index (κ3) is 4.16. The summed E-state index contributed by atoms with van der Waals surface area (Å²) in [5.74, 6) is 0.620. The maximum atomic E-state index is 11.9. The van der Waals surface area contributed by atoms with Gasteiger partial charge in [-0.25, -0.2) is 0 Å². The van der Waals surface area contributed by atoms with Crippen LogP contribution in [-0.2, 0) is 16.1 Å². The standard InChI is InChI=1S/C16H25N3O3/c1-11-16(13(3)20)12(2)19(18-11)8-5-15(21)17-7-4-14-6-9-22-10-14/h14H,4-10H2,1-3H3,(H,17,21). The number of aryl methyl sites for hydroxylation is 2. The van der Waals surface area contributed by atoms with Crippen molar-refractivity contribution in [3.05, 3.63) is 17.0 Å². The number of hydrogen-bond acceptors (Lipinski definition) is 4. The Labute approximate surface area is 131 Å². The highest BCUT2D eigenvalue weighted by atomic mass is 16.5. The second kappa shape index (κ2) is 7.54. The maximum absolute atomic E-state index is 11.9. The minimum absolute atomic E-state index is 0.0180. The molecule has 0 spiro atoms. The van der Waals surface area contributed by atoms with E-state index in [2.05, 4.69) is 10.4 Å². The summed E-state index contributed by atoms with van der Waals surface area (Å²) in [6.45, 7) is 8.09. The number of Topliss-reactive ketones (excluding diaryl/α,β-unsaturated/α-hetero) is 1. The fraction of sp³-hybridized carbons (Fsp3) is 0.688. The smallest absolute Gasteiger partial charge is 0.221 e. The van der Waals surface area contributed by atoms with Gasteiger partial charge in [0.1, 0.15) is 0 Å². The zero-order chi connectivity index (χ0) is 16.1. The lowest BCUT2D eigenvalue weighted by Crippen LogP contribution is -2.27. The lowest BCUT2D eigenvalue weighted by atomic mass is 10.1. The van der Waals surface area contributed by atoms with Gasteiger partial charge in [-0.1, -0.05) is 0 Å². The zero-order valence-corrected chi connectivity index (χ0v) is 13.6. The number of aromatic nitrogens is 2. The monoisotopic (exact) mass is 307 g/mol. The zero-order valence-electron chi connectivity index (χ0n) is 13.6. The van der Waals surface area contributed by atoms with Crippen LogP contribution in [0.3, 0.4) is 0 Å². The van der Waals surface area contributed by atoms with Crippen molar-refractivity contribution in [3.63, 3.8) is 0 Å². The first kappa shape index (κ1) is 16.7. The fourth-order valence-electron chi connectivity index (χ4n) is 2.95. The van der Waals surface area contributed by atoms with Gasteiger partial charge in [-0.15, -0.1) is 0 Å². The summed E-state index contributed by atoms with van der Waals surface area (Å²) < 4.78 is 7.06. The van der Waals surface area contributed by atoms with Crippen molar-refractivity contribution in [1.82, 2.24) is 15.1 Å². The molecule has 1 aromatic rings.